The molecule has 180 valence electrons. The van der Waals surface area contributed by atoms with Crippen LogP contribution in [0.3, 0.4) is 0 Å². The molecule has 2 aromatic carbocycles. The van der Waals surface area contributed by atoms with E-state index in [-0.39, 0.29) is 18.4 Å². The molecule has 0 atom stereocenters. The van der Waals surface area contributed by atoms with Crippen LogP contribution >= 0.6 is 11.6 Å². The van der Waals surface area contributed by atoms with Crippen LogP contribution < -0.4 is 0 Å². The average Bonchev–Trinajstić information content (AvgIpc) is 3.25. The molecular weight excluding hydrogens is 452 g/mol. The van der Waals surface area contributed by atoms with Crippen LogP contribution in [-0.4, -0.2) is 47.9 Å². The Morgan fingerprint density at radius 2 is 1.76 bits per heavy atom. The number of carbonyl (C=O) groups excluding carboxylic acids is 2. The van der Waals surface area contributed by atoms with Gasteiger partial charge in [-0.15, -0.1) is 0 Å². The first kappa shape index (κ1) is 25.5. The quantitative estimate of drug-likeness (QED) is 0.327. The third-order valence-electron chi connectivity index (χ3n) is 5.32. The van der Waals surface area contributed by atoms with Crippen LogP contribution in [0, 0.1) is 6.92 Å². The van der Waals surface area contributed by atoms with Gasteiger partial charge in [0.1, 0.15) is 18.1 Å². The highest BCUT2D eigenvalue weighted by Crippen LogP contribution is 2.16. The number of carbonyl (C=O) groups is 2. The van der Waals surface area contributed by atoms with Gasteiger partial charge in [-0.05, 0) is 56.2 Å². The van der Waals surface area contributed by atoms with E-state index in [1.54, 1.807) is 34.1 Å². The molecule has 0 radical (unpaired) electrons. The number of halogens is 1. The second-order valence-electron chi connectivity index (χ2n) is 8.04. The fourth-order valence-corrected chi connectivity index (χ4v) is 3.81. The Labute approximate surface area is 206 Å². The van der Waals surface area contributed by atoms with E-state index in [0.717, 1.165) is 11.3 Å². The van der Waals surface area contributed by atoms with Crippen LogP contribution in [0.1, 0.15) is 40.8 Å². The summed E-state index contributed by atoms with van der Waals surface area (Å²) in [7, 11) is 0. The van der Waals surface area contributed by atoms with E-state index in [2.05, 4.69) is 0 Å². The fraction of sp³-hybridized carbons (Fsp3) is 0.333. The molecule has 2 amide bonds. The number of hydrogen-bond acceptors (Lipinski definition) is 4. The minimum atomic E-state index is -0.235. The van der Waals surface area contributed by atoms with Crippen molar-refractivity contribution in [1.29, 1.82) is 0 Å². The van der Waals surface area contributed by atoms with Gasteiger partial charge in [0.2, 0.25) is 5.91 Å². The van der Waals surface area contributed by atoms with E-state index in [9.17, 15) is 9.59 Å². The maximum absolute atomic E-state index is 13.5. The van der Waals surface area contributed by atoms with Crippen molar-refractivity contribution in [3.05, 3.63) is 94.4 Å². The van der Waals surface area contributed by atoms with Crippen LogP contribution in [0.15, 0.2) is 71.1 Å². The van der Waals surface area contributed by atoms with E-state index in [0.29, 0.717) is 55.6 Å². The van der Waals surface area contributed by atoms with Crippen LogP contribution in [0.25, 0.3) is 0 Å². The van der Waals surface area contributed by atoms with Crippen LogP contribution in [0.5, 0.6) is 0 Å². The summed E-state index contributed by atoms with van der Waals surface area (Å²) in [5, 5.41) is 0.477. The number of rotatable bonds is 12. The Balaban J connectivity index is 1.79. The molecule has 0 bridgehead atoms. The van der Waals surface area contributed by atoms with E-state index in [1.165, 1.54) is 0 Å². The second kappa shape index (κ2) is 13.0. The van der Waals surface area contributed by atoms with Gasteiger partial charge in [0, 0.05) is 36.9 Å². The minimum Gasteiger partial charge on any atom is -0.464 e. The van der Waals surface area contributed by atoms with E-state index < -0.39 is 0 Å². The summed E-state index contributed by atoms with van der Waals surface area (Å²) in [5.74, 6) is 1.09. The lowest BCUT2D eigenvalue weighted by Gasteiger charge is -2.27. The van der Waals surface area contributed by atoms with Gasteiger partial charge < -0.3 is 19.0 Å². The molecule has 34 heavy (non-hydrogen) atoms. The number of amides is 2. The van der Waals surface area contributed by atoms with Crippen molar-refractivity contribution in [3.8, 4) is 0 Å². The number of furan rings is 1. The topological polar surface area (TPSA) is 63.0 Å². The lowest BCUT2D eigenvalue weighted by atomic mass is 10.2. The highest BCUT2D eigenvalue weighted by molar-refractivity contribution is 6.31. The predicted molar refractivity (Wildman–Crippen MR) is 133 cm³/mol. The van der Waals surface area contributed by atoms with Crippen molar-refractivity contribution in [2.75, 3.05) is 26.3 Å². The van der Waals surface area contributed by atoms with Gasteiger partial charge in [0.25, 0.3) is 5.91 Å². The molecule has 0 aliphatic carbocycles. The summed E-state index contributed by atoms with van der Waals surface area (Å²) in [4.78, 5) is 30.1. The molecule has 3 aromatic rings. The molecule has 0 unspecified atom stereocenters. The summed E-state index contributed by atoms with van der Waals surface area (Å²) >= 11 is 6.10. The lowest BCUT2D eigenvalue weighted by Crippen LogP contribution is -2.43. The molecule has 0 spiro atoms. The van der Waals surface area contributed by atoms with Gasteiger partial charge in [-0.3, -0.25) is 9.59 Å². The molecule has 7 heteroatoms. The maximum Gasteiger partial charge on any atom is 0.254 e. The molecule has 0 aliphatic rings. The lowest BCUT2D eigenvalue weighted by molar-refractivity contribution is -0.133. The van der Waals surface area contributed by atoms with Crippen LogP contribution in [-0.2, 0) is 22.6 Å². The zero-order chi connectivity index (χ0) is 24.3. The third-order valence-corrected chi connectivity index (χ3v) is 5.55. The van der Waals surface area contributed by atoms with Crippen molar-refractivity contribution in [2.45, 2.75) is 33.4 Å². The SMILES string of the molecule is CCOCCCN(CC(=O)N(Cc1ccccc1)Cc1ccc(C)o1)C(=O)c1cccc(Cl)c1. The van der Waals surface area contributed by atoms with Gasteiger partial charge >= 0.3 is 0 Å². The minimum absolute atomic E-state index is 0.0516. The summed E-state index contributed by atoms with van der Waals surface area (Å²) in [6, 6.07) is 20.3. The zero-order valence-electron chi connectivity index (χ0n) is 19.7. The number of ether oxygens (including phenoxy) is 1. The molecule has 1 heterocycles. The molecule has 1 aromatic heterocycles. The van der Waals surface area contributed by atoms with Crippen molar-refractivity contribution in [3.63, 3.8) is 0 Å². The Morgan fingerprint density at radius 3 is 2.44 bits per heavy atom. The Morgan fingerprint density at radius 1 is 0.971 bits per heavy atom. The number of aryl methyl sites for hydroxylation is 1. The van der Waals surface area contributed by atoms with Crippen LogP contribution in [0.2, 0.25) is 5.02 Å². The number of hydrogen-bond donors (Lipinski definition) is 0. The zero-order valence-corrected chi connectivity index (χ0v) is 20.5. The predicted octanol–water partition coefficient (Wildman–Crippen LogP) is 5.34. The first-order valence-corrected chi connectivity index (χ1v) is 11.8. The summed E-state index contributed by atoms with van der Waals surface area (Å²) in [5.41, 5.74) is 1.45. The van der Waals surface area contributed by atoms with Crippen molar-refractivity contribution in [1.82, 2.24) is 9.80 Å². The Kier molecular flexibility index (Phi) is 9.74. The van der Waals surface area contributed by atoms with Crippen molar-refractivity contribution >= 4 is 23.4 Å². The number of nitrogens with zero attached hydrogens (tertiary/aromatic N) is 2. The average molecular weight is 483 g/mol. The summed E-state index contributed by atoms with van der Waals surface area (Å²) < 4.78 is 11.2. The number of benzene rings is 2. The summed E-state index contributed by atoms with van der Waals surface area (Å²) in [6.45, 7) is 6.00. The Hall–Kier alpha value is -3.09. The molecule has 6 nitrogen and oxygen atoms in total. The highest BCUT2D eigenvalue weighted by atomic mass is 35.5. The maximum atomic E-state index is 13.5. The van der Waals surface area contributed by atoms with Gasteiger partial charge in [0.05, 0.1) is 6.54 Å². The molecule has 3 rings (SSSR count). The van der Waals surface area contributed by atoms with E-state index in [4.69, 9.17) is 20.8 Å². The Bertz CT molecular complexity index is 1070. The second-order valence-corrected chi connectivity index (χ2v) is 8.47. The standard InChI is InChI=1S/C27H31ClN2O4/c1-3-33-16-8-15-29(27(32)23-11-7-12-24(28)17-23)20-26(31)30(18-22-9-5-4-6-10-22)19-25-14-13-21(2)34-25/h4-7,9-14,17H,3,8,15-16,18-20H2,1-2H3. The first-order chi connectivity index (χ1) is 16.5. The summed E-state index contributed by atoms with van der Waals surface area (Å²) in [6.07, 6.45) is 0.628. The van der Waals surface area contributed by atoms with Crippen molar-refractivity contribution in [2.24, 2.45) is 0 Å². The monoisotopic (exact) mass is 482 g/mol. The molecule has 0 N–H and O–H groups in total. The molecule has 0 fully saturated rings. The van der Waals surface area contributed by atoms with Gasteiger partial charge in [-0.1, -0.05) is 48.0 Å². The highest BCUT2D eigenvalue weighted by Gasteiger charge is 2.23. The fourth-order valence-electron chi connectivity index (χ4n) is 3.62. The van der Waals surface area contributed by atoms with Crippen molar-refractivity contribution < 1.29 is 18.7 Å². The van der Waals surface area contributed by atoms with Gasteiger partial charge in [-0.2, -0.15) is 0 Å². The third kappa shape index (κ3) is 7.75. The smallest absolute Gasteiger partial charge is 0.254 e. The molecule has 0 saturated heterocycles. The molecule has 0 saturated carbocycles. The normalized spacial score (nSPS) is 10.8. The molecule has 0 aliphatic heterocycles. The van der Waals surface area contributed by atoms with E-state index in [1.807, 2.05) is 56.3 Å². The largest absolute Gasteiger partial charge is 0.464 e. The first-order valence-electron chi connectivity index (χ1n) is 11.5. The van der Waals surface area contributed by atoms with Crippen LogP contribution in [0.4, 0.5) is 0 Å². The van der Waals surface area contributed by atoms with Gasteiger partial charge in [-0.25, -0.2) is 0 Å². The van der Waals surface area contributed by atoms with Gasteiger partial charge in [0.15, 0.2) is 0 Å². The molecular formula is C27H31ClN2O4. The van der Waals surface area contributed by atoms with E-state index >= 15 is 0 Å².